The number of amides is 1. The maximum Gasteiger partial charge on any atom is 0.239 e. The summed E-state index contributed by atoms with van der Waals surface area (Å²) >= 11 is 0. The molecule has 2 atom stereocenters. The number of aromatic hydroxyl groups is 1. The molecule has 1 aliphatic heterocycles. The van der Waals surface area contributed by atoms with Crippen LogP contribution in [-0.2, 0) is 4.79 Å². The molecule has 2 N–H and O–H groups in total. The molecule has 0 radical (unpaired) electrons. The molecule has 0 aliphatic carbocycles. The third-order valence-corrected chi connectivity index (χ3v) is 3.45. The summed E-state index contributed by atoms with van der Waals surface area (Å²) < 4.78 is 5.51. The van der Waals surface area contributed by atoms with Gasteiger partial charge in [0.25, 0.3) is 0 Å². The average molecular weight is 264 g/mol. The number of phenolic OH excluding ortho intramolecular Hbond substituents is 1. The molecule has 1 aromatic carbocycles. The molecular weight excluding hydrogens is 244 g/mol. The van der Waals surface area contributed by atoms with Gasteiger partial charge in [-0.05, 0) is 26.0 Å². The number of hydrogen-bond acceptors (Lipinski definition) is 4. The Morgan fingerprint density at radius 3 is 3.05 bits per heavy atom. The van der Waals surface area contributed by atoms with Gasteiger partial charge in [0, 0.05) is 25.2 Å². The van der Waals surface area contributed by atoms with Crippen LogP contribution in [0.25, 0.3) is 0 Å². The molecule has 5 heteroatoms. The highest BCUT2D eigenvalue weighted by atomic mass is 16.5. The summed E-state index contributed by atoms with van der Waals surface area (Å²) in [4.78, 5) is 13.7. The molecule has 0 fully saturated rings. The molecule has 2 rings (SSSR count). The zero-order valence-electron chi connectivity index (χ0n) is 11.5. The minimum absolute atomic E-state index is 0.0141. The smallest absolute Gasteiger partial charge is 0.239 e. The van der Waals surface area contributed by atoms with E-state index >= 15 is 0 Å². The fourth-order valence-electron chi connectivity index (χ4n) is 2.20. The van der Waals surface area contributed by atoms with E-state index in [0.29, 0.717) is 18.9 Å². The number of nitrogens with one attached hydrogen (secondary N) is 1. The molecule has 2 unspecified atom stereocenters. The molecule has 0 aromatic heterocycles. The quantitative estimate of drug-likeness (QED) is 0.860. The van der Waals surface area contributed by atoms with E-state index in [0.717, 1.165) is 5.56 Å². The van der Waals surface area contributed by atoms with Gasteiger partial charge >= 0.3 is 0 Å². The zero-order chi connectivity index (χ0) is 14.0. The van der Waals surface area contributed by atoms with E-state index < -0.39 is 0 Å². The van der Waals surface area contributed by atoms with Gasteiger partial charge in [-0.2, -0.15) is 0 Å². The van der Waals surface area contributed by atoms with Crippen LogP contribution in [0.3, 0.4) is 0 Å². The maximum absolute atomic E-state index is 12.0. The number of benzene rings is 1. The lowest BCUT2D eigenvalue weighted by atomic mass is 10.1. The van der Waals surface area contributed by atoms with Gasteiger partial charge in [-0.1, -0.05) is 0 Å². The highest BCUT2D eigenvalue weighted by Crippen LogP contribution is 2.35. The van der Waals surface area contributed by atoms with Gasteiger partial charge in [-0.15, -0.1) is 0 Å². The largest absolute Gasteiger partial charge is 0.508 e. The van der Waals surface area contributed by atoms with Crippen molar-refractivity contribution in [3.8, 4) is 11.5 Å². The minimum Gasteiger partial charge on any atom is -0.508 e. The molecule has 5 nitrogen and oxygen atoms in total. The van der Waals surface area contributed by atoms with E-state index in [1.807, 2.05) is 19.9 Å². The van der Waals surface area contributed by atoms with Crippen molar-refractivity contribution in [2.45, 2.75) is 25.9 Å². The van der Waals surface area contributed by atoms with E-state index in [4.69, 9.17) is 4.74 Å². The Hall–Kier alpha value is -1.75. The molecule has 19 heavy (non-hydrogen) atoms. The number of phenols is 1. The number of hydrogen-bond donors (Lipinski definition) is 2. The van der Waals surface area contributed by atoms with Crippen LogP contribution < -0.4 is 10.1 Å². The van der Waals surface area contributed by atoms with Crippen LogP contribution in [-0.4, -0.2) is 42.2 Å². The lowest BCUT2D eigenvalue weighted by Gasteiger charge is -2.23. The van der Waals surface area contributed by atoms with E-state index in [1.54, 1.807) is 24.1 Å². The lowest BCUT2D eigenvalue weighted by molar-refractivity contribution is -0.131. The summed E-state index contributed by atoms with van der Waals surface area (Å²) in [7, 11) is 1.79. The molecule has 0 bridgehead atoms. The van der Waals surface area contributed by atoms with Gasteiger partial charge in [0.2, 0.25) is 5.91 Å². The Morgan fingerprint density at radius 2 is 2.37 bits per heavy atom. The van der Waals surface area contributed by atoms with E-state index in [2.05, 4.69) is 5.32 Å². The van der Waals surface area contributed by atoms with Crippen LogP contribution in [0.1, 0.15) is 25.5 Å². The van der Waals surface area contributed by atoms with Crippen LogP contribution in [0.2, 0.25) is 0 Å². The first-order valence-corrected chi connectivity index (χ1v) is 6.49. The molecule has 1 amide bonds. The Labute approximate surface area is 113 Å². The summed E-state index contributed by atoms with van der Waals surface area (Å²) in [6.45, 7) is 4.97. The van der Waals surface area contributed by atoms with E-state index in [-0.39, 0.29) is 23.7 Å². The van der Waals surface area contributed by atoms with Gasteiger partial charge in [0.15, 0.2) is 0 Å². The van der Waals surface area contributed by atoms with Crippen LogP contribution in [0, 0.1) is 0 Å². The fraction of sp³-hybridized carbons (Fsp3) is 0.500. The third kappa shape index (κ3) is 2.81. The molecule has 1 aliphatic rings. The Morgan fingerprint density at radius 1 is 1.63 bits per heavy atom. The van der Waals surface area contributed by atoms with Crippen LogP contribution in [0.4, 0.5) is 0 Å². The number of rotatable bonds is 4. The summed E-state index contributed by atoms with van der Waals surface area (Å²) in [5, 5.41) is 12.7. The molecule has 104 valence electrons. The van der Waals surface area contributed by atoms with Crippen molar-refractivity contribution >= 4 is 5.91 Å². The Kier molecular flexibility index (Phi) is 3.95. The first-order valence-electron chi connectivity index (χ1n) is 6.49. The first kappa shape index (κ1) is 13.7. The Bertz CT molecular complexity index is 476. The van der Waals surface area contributed by atoms with Crippen molar-refractivity contribution in [1.29, 1.82) is 0 Å². The molecule has 0 spiro atoms. The van der Waals surface area contributed by atoms with Crippen LogP contribution >= 0.6 is 0 Å². The van der Waals surface area contributed by atoms with Gasteiger partial charge < -0.3 is 14.7 Å². The second kappa shape index (κ2) is 5.48. The summed E-state index contributed by atoms with van der Waals surface area (Å²) in [6.07, 6.45) is 0. The normalized spacial score (nSPS) is 18.6. The van der Waals surface area contributed by atoms with Gasteiger partial charge in [-0.25, -0.2) is 0 Å². The Balaban J connectivity index is 2.05. The number of likely N-dealkylation sites (N-methyl/N-ethyl adjacent to an activating group) is 1. The fourth-order valence-corrected chi connectivity index (χ4v) is 2.20. The van der Waals surface area contributed by atoms with Crippen LogP contribution in [0.15, 0.2) is 18.2 Å². The average Bonchev–Trinajstić information content (AvgIpc) is 2.79. The minimum atomic E-state index is -0.265. The van der Waals surface area contributed by atoms with Crippen molar-refractivity contribution < 1.29 is 14.6 Å². The monoisotopic (exact) mass is 264 g/mol. The van der Waals surface area contributed by atoms with Crippen molar-refractivity contribution in [2.75, 3.05) is 20.2 Å². The third-order valence-electron chi connectivity index (χ3n) is 3.45. The topological polar surface area (TPSA) is 61.8 Å². The standard InChI is InChI=1S/C14H20N2O3/c1-4-16(3)14(18)9(2)15-12-8-19-13-7-10(17)5-6-11(12)13/h5-7,9,12,15,17H,4,8H2,1-3H3. The number of nitrogens with zero attached hydrogens (tertiary/aromatic N) is 1. The molecule has 1 heterocycles. The SMILES string of the molecule is CCN(C)C(=O)C(C)NC1COc2cc(O)ccc21. The van der Waals surface area contributed by atoms with Crippen molar-refractivity contribution in [1.82, 2.24) is 10.2 Å². The predicted octanol–water partition coefficient (Wildman–Crippen LogP) is 1.28. The molecule has 1 aromatic rings. The van der Waals surface area contributed by atoms with Gasteiger partial charge in [0.1, 0.15) is 18.1 Å². The van der Waals surface area contributed by atoms with Crippen molar-refractivity contribution in [3.63, 3.8) is 0 Å². The van der Waals surface area contributed by atoms with E-state index in [1.165, 1.54) is 0 Å². The number of carbonyl (C=O) groups is 1. The zero-order valence-corrected chi connectivity index (χ0v) is 11.5. The predicted molar refractivity (Wildman–Crippen MR) is 72.3 cm³/mol. The number of fused-ring (bicyclic) bond motifs is 1. The molecule has 0 saturated carbocycles. The van der Waals surface area contributed by atoms with Gasteiger partial charge in [-0.3, -0.25) is 10.1 Å². The number of ether oxygens (including phenoxy) is 1. The summed E-state index contributed by atoms with van der Waals surface area (Å²) in [5.74, 6) is 0.935. The van der Waals surface area contributed by atoms with E-state index in [9.17, 15) is 9.90 Å². The van der Waals surface area contributed by atoms with Gasteiger partial charge in [0.05, 0.1) is 12.1 Å². The van der Waals surface area contributed by atoms with Crippen molar-refractivity contribution in [2.24, 2.45) is 0 Å². The van der Waals surface area contributed by atoms with Crippen molar-refractivity contribution in [3.05, 3.63) is 23.8 Å². The highest BCUT2D eigenvalue weighted by Gasteiger charge is 2.28. The molecular formula is C14H20N2O3. The number of carbonyl (C=O) groups excluding carboxylic acids is 1. The molecule has 0 saturated heterocycles. The second-order valence-corrected chi connectivity index (χ2v) is 4.83. The second-order valence-electron chi connectivity index (χ2n) is 4.83. The van der Waals surface area contributed by atoms with Crippen LogP contribution in [0.5, 0.6) is 11.5 Å². The summed E-state index contributed by atoms with van der Waals surface area (Å²) in [6, 6.07) is 4.78. The summed E-state index contributed by atoms with van der Waals surface area (Å²) in [5.41, 5.74) is 0.983. The lowest BCUT2D eigenvalue weighted by Crippen LogP contribution is -2.44. The maximum atomic E-state index is 12.0. The first-order chi connectivity index (χ1) is 9.02. The highest BCUT2D eigenvalue weighted by molar-refractivity contribution is 5.81.